The number of phosphoric acid groups is 4. The molecule has 2 radical (unpaired) electrons. The lowest BCUT2D eigenvalue weighted by Crippen LogP contribution is -2.08. The molecule has 0 saturated heterocycles. The first kappa shape index (κ1) is 38.9. The van der Waals surface area contributed by atoms with E-state index in [-0.39, 0.29) is 0 Å². The van der Waals surface area contributed by atoms with Gasteiger partial charge < -0.3 is 58.7 Å². The Morgan fingerprint density at radius 1 is 0.450 bits per heavy atom. The number of hydrogen-bond donors (Lipinski definition) is 12. The molecule has 0 amide bonds. The van der Waals surface area contributed by atoms with E-state index < -0.39 is 31.3 Å². The molecule has 2 aliphatic carbocycles. The summed E-state index contributed by atoms with van der Waals surface area (Å²) in [6.45, 7) is 0. The standard InChI is InChI=1S/C20H20.4H3O4P/c1-3-11-17-15(7-1)9-5-13-19(17)20-14-6-10-16-8-2-4-12-18(16)20;4*1-5(2,3)4/h5-6,9-10H,1-4,7-8,11-12H2;4*(H3,1,2,3,4). The zero-order valence-corrected chi connectivity index (χ0v) is 24.3. The van der Waals surface area contributed by atoms with Gasteiger partial charge in [0.2, 0.25) is 0 Å². The SMILES string of the molecule is O=P(O)(O)O.O=P(O)(O)O.O=P(O)(O)O.O=P(O)(O)O.[c]1ccc2c(c1-c1[c]ccc3c1CCCC3)CCCC2. The van der Waals surface area contributed by atoms with E-state index in [4.69, 9.17) is 77.0 Å². The molecule has 40 heavy (non-hydrogen) atoms. The smallest absolute Gasteiger partial charge is 0.303 e. The van der Waals surface area contributed by atoms with Gasteiger partial charge >= 0.3 is 31.3 Å². The molecular weight excluding hydrogens is 620 g/mol. The van der Waals surface area contributed by atoms with E-state index >= 15 is 0 Å². The molecule has 0 unspecified atom stereocenters. The quantitative estimate of drug-likeness (QED) is 0.191. The van der Waals surface area contributed by atoms with Gasteiger partial charge in [0.05, 0.1) is 0 Å². The fourth-order valence-corrected chi connectivity index (χ4v) is 3.87. The first-order chi connectivity index (χ1) is 17.9. The Labute approximate surface area is 229 Å². The second-order valence-corrected chi connectivity index (χ2v) is 12.3. The highest BCUT2D eigenvalue weighted by Gasteiger charge is 2.19. The van der Waals surface area contributed by atoms with Crippen LogP contribution in [0.2, 0.25) is 0 Å². The number of benzene rings is 2. The monoisotopic (exact) mass is 652 g/mol. The zero-order chi connectivity index (χ0) is 31.4. The van der Waals surface area contributed by atoms with Gasteiger partial charge in [0.25, 0.3) is 0 Å². The third-order valence-electron chi connectivity index (χ3n) is 4.90. The highest BCUT2D eigenvalue weighted by molar-refractivity contribution is 7.45. The van der Waals surface area contributed by atoms with Crippen molar-refractivity contribution >= 4 is 31.3 Å². The maximum Gasteiger partial charge on any atom is 0.466 e. The lowest BCUT2D eigenvalue weighted by Gasteiger charge is -2.23. The van der Waals surface area contributed by atoms with Gasteiger partial charge in [-0.3, -0.25) is 0 Å². The van der Waals surface area contributed by atoms with Crippen molar-refractivity contribution in [3.8, 4) is 11.1 Å². The molecule has 16 nitrogen and oxygen atoms in total. The predicted octanol–water partition coefficient (Wildman–Crippen LogP) is 0.997. The molecule has 12 N–H and O–H groups in total. The topological polar surface area (TPSA) is 311 Å². The lowest BCUT2D eigenvalue weighted by molar-refractivity contribution is 0.272. The van der Waals surface area contributed by atoms with Gasteiger partial charge in [-0.05, 0) is 96.9 Å². The number of aryl methyl sites for hydroxylation is 2. The Hall–Kier alpha value is -1.12. The molecule has 2 aromatic rings. The van der Waals surface area contributed by atoms with Gasteiger partial charge in [0.1, 0.15) is 0 Å². The number of hydrogen-bond acceptors (Lipinski definition) is 4. The van der Waals surface area contributed by atoms with Gasteiger partial charge in [-0.15, -0.1) is 0 Å². The fraction of sp³-hybridized carbons (Fsp3) is 0.400. The van der Waals surface area contributed by atoms with Gasteiger partial charge in [-0.2, -0.15) is 0 Å². The molecule has 0 bridgehead atoms. The summed E-state index contributed by atoms with van der Waals surface area (Å²) in [6.07, 6.45) is 10.3. The van der Waals surface area contributed by atoms with Crippen molar-refractivity contribution in [2.24, 2.45) is 0 Å². The molecule has 20 heteroatoms. The molecule has 0 fully saturated rings. The average molecular weight is 652 g/mol. The van der Waals surface area contributed by atoms with Crippen LogP contribution in [0.4, 0.5) is 0 Å². The van der Waals surface area contributed by atoms with Crippen molar-refractivity contribution in [2.45, 2.75) is 51.4 Å². The minimum atomic E-state index is -4.64. The van der Waals surface area contributed by atoms with E-state index in [0.29, 0.717) is 0 Å². The van der Waals surface area contributed by atoms with Crippen LogP contribution >= 0.6 is 31.3 Å². The van der Waals surface area contributed by atoms with Crippen LogP contribution in [0.25, 0.3) is 11.1 Å². The van der Waals surface area contributed by atoms with Crippen molar-refractivity contribution in [1.82, 2.24) is 0 Å². The highest BCUT2D eigenvalue weighted by Crippen LogP contribution is 2.36. The first-order valence-corrected chi connectivity index (χ1v) is 17.4. The van der Waals surface area contributed by atoms with Gasteiger partial charge in [0.15, 0.2) is 0 Å². The molecular formula is C20H32O16P4. The minimum Gasteiger partial charge on any atom is -0.303 e. The van der Waals surface area contributed by atoms with Gasteiger partial charge in [0, 0.05) is 0 Å². The van der Waals surface area contributed by atoms with Gasteiger partial charge in [-0.25, -0.2) is 18.3 Å². The van der Waals surface area contributed by atoms with Crippen LogP contribution in [-0.2, 0) is 43.9 Å². The third-order valence-corrected chi connectivity index (χ3v) is 4.90. The Morgan fingerprint density at radius 3 is 0.925 bits per heavy atom. The maximum atomic E-state index is 8.88. The summed E-state index contributed by atoms with van der Waals surface area (Å²) >= 11 is 0. The Kier molecular flexibility index (Phi) is 16.6. The minimum absolute atomic E-state index is 1.22. The van der Waals surface area contributed by atoms with Crippen molar-refractivity contribution < 1.29 is 77.0 Å². The molecule has 0 heterocycles. The number of fused-ring (bicyclic) bond motifs is 2. The largest absolute Gasteiger partial charge is 0.466 e. The van der Waals surface area contributed by atoms with Crippen molar-refractivity contribution in [2.75, 3.05) is 0 Å². The second kappa shape index (κ2) is 17.1. The Morgan fingerprint density at radius 2 is 0.675 bits per heavy atom. The summed E-state index contributed by atoms with van der Waals surface area (Å²) < 4.78 is 35.5. The van der Waals surface area contributed by atoms with Crippen LogP contribution in [0.15, 0.2) is 24.3 Å². The zero-order valence-electron chi connectivity index (χ0n) is 20.8. The van der Waals surface area contributed by atoms with E-state index in [1.165, 1.54) is 62.5 Å². The maximum absolute atomic E-state index is 8.88. The Balaban J connectivity index is 0.000000627. The van der Waals surface area contributed by atoms with Crippen molar-refractivity contribution in [3.63, 3.8) is 0 Å². The molecule has 4 rings (SSSR count). The van der Waals surface area contributed by atoms with E-state index in [1.807, 2.05) is 0 Å². The highest BCUT2D eigenvalue weighted by atomic mass is 31.2. The summed E-state index contributed by atoms with van der Waals surface area (Å²) in [5.74, 6) is 0. The number of rotatable bonds is 1. The second-order valence-electron chi connectivity index (χ2n) is 8.18. The normalized spacial score (nSPS) is 14.6. The van der Waals surface area contributed by atoms with Crippen molar-refractivity contribution in [1.29, 1.82) is 0 Å². The molecule has 0 saturated carbocycles. The first-order valence-electron chi connectivity index (χ1n) is 11.1. The van der Waals surface area contributed by atoms with E-state index in [9.17, 15) is 0 Å². The Bertz CT molecular complexity index is 1090. The molecule has 228 valence electrons. The van der Waals surface area contributed by atoms with E-state index in [1.54, 1.807) is 22.3 Å². The van der Waals surface area contributed by atoms with Crippen LogP contribution in [0, 0.1) is 12.1 Å². The third kappa shape index (κ3) is 23.6. The summed E-state index contributed by atoms with van der Waals surface area (Å²) in [5, 5.41) is 0. The van der Waals surface area contributed by atoms with Gasteiger partial charge in [-0.1, -0.05) is 24.3 Å². The molecule has 2 aromatic carbocycles. The molecule has 2 aliphatic rings. The average Bonchev–Trinajstić information content (AvgIpc) is 2.74. The lowest BCUT2D eigenvalue weighted by atomic mass is 9.81. The van der Waals surface area contributed by atoms with Crippen LogP contribution in [-0.4, -0.2) is 58.7 Å². The molecule has 0 aromatic heterocycles. The molecule has 0 atom stereocenters. The fourth-order valence-electron chi connectivity index (χ4n) is 3.87. The van der Waals surface area contributed by atoms with E-state index in [2.05, 4.69) is 36.4 Å². The van der Waals surface area contributed by atoms with Crippen LogP contribution < -0.4 is 0 Å². The molecule has 0 aliphatic heterocycles. The molecule has 0 spiro atoms. The summed E-state index contributed by atoms with van der Waals surface area (Å²) in [6, 6.07) is 15.8. The summed E-state index contributed by atoms with van der Waals surface area (Å²) in [4.78, 5) is 86.2. The summed E-state index contributed by atoms with van der Waals surface area (Å²) in [7, 11) is -18.6. The van der Waals surface area contributed by atoms with Crippen LogP contribution in [0.1, 0.15) is 47.9 Å². The van der Waals surface area contributed by atoms with E-state index in [0.717, 1.165) is 0 Å². The van der Waals surface area contributed by atoms with Crippen molar-refractivity contribution in [3.05, 3.63) is 58.7 Å². The van der Waals surface area contributed by atoms with Crippen LogP contribution in [0.3, 0.4) is 0 Å². The van der Waals surface area contributed by atoms with Crippen LogP contribution in [0.5, 0.6) is 0 Å². The summed E-state index contributed by atoms with van der Waals surface area (Å²) in [5.41, 5.74) is 8.89. The predicted molar refractivity (Wildman–Crippen MR) is 140 cm³/mol.